The number of amides is 6. The number of hydrogen-bond donors (Lipinski definition) is 7. The SMILES string of the molecule is CC(=O)O[C@H]1CN2C(=O)[C@H](Cc3ccc(O)cc3)NC(=O)c3csc(n3)[C@H]([C@H](O)c3ccccc3)NC(=O)c3nc(sc3C)[C@H](CC(N)=O)NC(=O)c3csc(n3)-c3ccc(-c4nc(C(N)=O)cs4)nc3-c3csc(n3)-c3csc(n3)[C@H]2[C@H]1C. The van der Waals surface area contributed by atoms with Crippen molar-refractivity contribution in [1.82, 2.24) is 55.7 Å². The minimum absolute atomic E-state index is 0.0143. The molecule has 1 fully saturated rings. The first-order chi connectivity index (χ1) is 40.3. The zero-order valence-corrected chi connectivity index (χ0v) is 49.1. The van der Waals surface area contributed by atoms with Crippen molar-refractivity contribution < 1.29 is 48.5 Å². The molecule has 428 valence electrons. The van der Waals surface area contributed by atoms with Crippen LogP contribution in [0.3, 0.4) is 0 Å². The Morgan fingerprint density at radius 1 is 0.679 bits per heavy atom. The molecule has 0 saturated carbocycles. The van der Waals surface area contributed by atoms with Gasteiger partial charge in [-0.3, -0.25) is 33.6 Å². The fourth-order valence-corrected chi connectivity index (χ4v) is 15.0. The van der Waals surface area contributed by atoms with Crippen LogP contribution in [0.5, 0.6) is 5.75 Å². The van der Waals surface area contributed by atoms with Gasteiger partial charge in [0.25, 0.3) is 23.6 Å². The van der Waals surface area contributed by atoms with Gasteiger partial charge in [-0.1, -0.05) is 49.4 Å². The van der Waals surface area contributed by atoms with Crippen LogP contribution in [0.25, 0.3) is 43.4 Å². The Hall–Kier alpha value is -8.58. The maximum absolute atomic E-state index is 15.4. The van der Waals surface area contributed by atoms with Crippen LogP contribution in [-0.4, -0.2) is 110 Å². The number of aromatic nitrogens is 7. The fraction of sp³-hybridized carbons (Fsp3) is 0.236. The van der Waals surface area contributed by atoms with Crippen molar-refractivity contribution in [2.45, 2.75) is 70.0 Å². The van der Waals surface area contributed by atoms with Crippen LogP contribution >= 0.6 is 68.0 Å². The number of aromatic hydroxyl groups is 1. The highest BCUT2D eigenvalue weighted by Gasteiger charge is 2.47. The molecule has 0 aliphatic carbocycles. The summed E-state index contributed by atoms with van der Waals surface area (Å²) >= 11 is 6.84. The zero-order chi connectivity index (χ0) is 59.1. The number of aliphatic hydroxyl groups excluding tert-OH is 1. The van der Waals surface area contributed by atoms with Gasteiger partial charge in [0.05, 0.1) is 30.7 Å². The third-order valence-corrected chi connectivity index (χ3v) is 19.3. The van der Waals surface area contributed by atoms with Gasteiger partial charge < -0.3 is 47.3 Å². The number of nitrogens with two attached hydrogens (primary N) is 2. The number of ether oxygens (including phenoxy) is 1. The second-order valence-electron chi connectivity index (χ2n) is 19.5. The number of phenolic OH excluding ortho intramolecular Hbond substituents is 1. The quantitative estimate of drug-likeness (QED) is 0.0718. The van der Waals surface area contributed by atoms with Gasteiger partial charge in [0.15, 0.2) is 0 Å². The van der Waals surface area contributed by atoms with E-state index >= 15 is 4.79 Å². The van der Waals surface area contributed by atoms with E-state index in [2.05, 4.69) is 30.9 Å². The van der Waals surface area contributed by atoms with Crippen LogP contribution < -0.4 is 27.4 Å². The highest BCUT2D eigenvalue weighted by Crippen LogP contribution is 2.44. The molecule has 0 unspecified atom stereocenters. The number of carbonyl (C=O) groups is 7. The summed E-state index contributed by atoms with van der Waals surface area (Å²) in [6, 6.07) is 13.6. The van der Waals surface area contributed by atoms with E-state index < -0.39 is 90.1 Å². The average molecular weight is 1240 g/mol. The summed E-state index contributed by atoms with van der Waals surface area (Å²) in [6.07, 6.45) is -2.65. The number of carbonyl (C=O) groups excluding carboxylic acids is 7. The van der Waals surface area contributed by atoms with E-state index in [1.165, 1.54) is 57.9 Å². The summed E-state index contributed by atoms with van der Waals surface area (Å²) < 4.78 is 5.82. The predicted octanol–water partition coefficient (Wildman–Crippen LogP) is 6.96. The van der Waals surface area contributed by atoms with Gasteiger partial charge in [0.1, 0.15) is 99.9 Å². The second-order valence-corrected chi connectivity index (χ2v) is 25.1. The number of aryl methyl sites for hydroxylation is 1. The third kappa shape index (κ3) is 12.0. The molecule has 9 heterocycles. The number of primary amides is 2. The van der Waals surface area contributed by atoms with Crippen molar-refractivity contribution in [2.24, 2.45) is 17.4 Å². The van der Waals surface area contributed by atoms with Crippen LogP contribution in [-0.2, 0) is 25.5 Å². The molecule has 0 radical (unpaired) electrons. The number of aliphatic hydroxyl groups is 1. The summed E-state index contributed by atoms with van der Waals surface area (Å²) in [4.78, 5) is 131. The van der Waals surface area contributed by atoms with Crippen LogP contribution in [0, 0.1) is 12.8 Å². The Bertz CT molecular complexity index is 4020. The Kier molecular flexibility index (Phi) is 16.3. The summed E-state index contributed by atoms with van der Waals surface area (Å²) in [5.41, 5.74) is 14.1. The molecule has 23 nitrogen and oxygen atoms in total. The molecule has 7 atom stereocenters. The lowest BCUT2D eigenvalue weighted by Crippen LogP contribution is -2.50. The maximum atomic E-state index is 15.4. The van der Waals surface area contributed by atoms with E-state index in [4.69, 9.17) is 36.1 Å². The number of phenols is 1. The number of pyridine rings is 1. The lowest BCUT2D eigenvalue weighted by atomic mass is 10.00. The van der Waals surface area contributed by atoms with Gasteiger partial charge in [-0.05, 0) is 42.3 Å². The third-order valence-electron chi connectivity index (χ3n) is 13.8. The molecule has 9 aromatic rings. The molecule has 2 aliphatic rings. The fourth-order valence-electron chi connectivity index (χ4n) is 9.65. The van der Waals surface area contributed by atoms with Crippen molar-refractivity contribution in [1.29, 1.82) is 0 Å². The number of thiazole rings is 6. The largest absolute Gasteiger partial charge is 0.508 e. The number of esters is 1. The van der Waals surface area contributed by atoms with Crippen molar-refractivity contribution in [2.75, 3.05) is 6.54 Å². The van der Waals surface area contributed by atoms with Gasteiger partial charge >= 0.3 is 5.97 Å². The van der Waals surface area contributed by atoms with Crippen molar-refractivity contribution >= 4 is 109 Å². The first-order valence-corrected chi connectivity index (χ1v) is 30.8. The molecule has 29 heteroatoms. The standard InChI is InChI=1S/C55H47N13O10S6/c1-23-38(78-25(3)69)17-68-43(23)54-65-37(22-83-54)51-61-33(18-80-51)41-29(13-14-30(58-41)50-62-34(19-81-50)45(57)73)49-63-35(20-79-49)46(74)59-31(16-39(56)71)52-67-40(24(2)84-52)48(76)66-42(44(72)27-7-5-4-6-8-27)53-64-36(21-82-53)47(75)60-32(55(68)77)15-26-9-11-28(70)12-10-26/h4-14,18-23,31-32,38,42-44,70,72H,15-17H2,1-3H3,(H2,56,71)(H2,57,73)(H,59,74)(H,60,75)(H,66,76)/t23-,31-,32-,38-,42-,43+,44+/m0/s1. The van der Waals surface area contributed by atoms with E-state index in [9.17, 15) is 39.0 Å². The molecule has 2 aromatic carbocycles. The molecule has 1 saturated heterocycles. The second kappa shape index (κ2) is 24.0. The molecule has 84 heavy (non-hydrogen) atoms. The van der Waals surface area contributed by atoms with Gasteiger partial charge in [-0.15, -0.1) is 68.0 Å². The average Bonchev–Trinajstić information content (AvgIpc) is 3.42. The monoisotopic (exact) mass is 1240 g/mol. The highest BCUT2D eigenvalue weighted by molar-refractivity contribution is 7.15. The summed E-state index contributed by atoms with van der Waals surface area (Å²) in [5, 5.41) is 40.8. The van der Waals surface area contributed by atoms with Crippen LogP contribution in [0.1, 0.15) is 117 Å². The maximum Gasteiger partial charge on any atom is 0.302 e. The molecule has 10 bridgehead atoms. The van der Waals surface area contributed by atoms with Gasteiger partial charge in [0.2, 0.25) is 11.8 Å². The van der Waals surface area contributed by atoms with Crippen LogP contribution in [0.4, 0.5) is 0 Å². The van der Waals surface area contributed by atoms with Gasteiger partial charge in [-0.25, -0.2) is 34.9 Å². The molecule has 7 aromatic heterocycles. The number of nitrogens with zero attached hydrogens (tertiary/aromatic N) is 8. The van der Waals surface area contributed by atoms with Crippen molar-refractivity contribution in [3.8, 4) is 49.1 Å². The van der Waals surface area contributed by atoms with E-state index in [0.717, 1.165) is 45.3 Å². The Balaban J connectivity index is 1.03. The highest BCUT2D eigenvalue weighted by atomic mass is 32.1. The zero-order valence-electron chi connectivity index (χ0n) is 44.2. The normalized spacial score (nSPS) is 19.6. The Morgan fingerprint density at radius 3 is 2.05 bits per heavy atom. The Morgan fingerprint density at radius 2 is 1.32 bits per heavy atom. The first kappa shape index (κ1) is 57.2. The molecule has 6 amide bonds. The molecule has 11 rings (SSSR count). The topological polar surface area (TPSA) is 351 Å². The van der Waals surface area contributed by atoms with E-state index in [1.807, 2.05) is 6.92 Å². The number of rotatable bonds is 9. The number of benzene rings is 2. The molecule has 0 spiro atoms. The molecule has 2 aliphatic heterocycles. The number of fused-ring (bicyclic) bond motifs is 16. The summed E-state index contributed by atoms with van der Waals surface area (Å²) in [6.45, 7) is 4.70. The first-order valence-electron chi connectivity index (χ1n) is 25.6. The van der Waals surface area contributed by atoms with Crippen molar-refractivity contribution in [3.05, 3.63) is 147 Å². The minimum atomic E-state index is -1.42. The van der Waals surface area contributed by atoms with Crippen LogP contribution in [0.15, 0.2) is 93.6 Å². The molecular formula is C55H47N13O10S6. The van der Waals surface area contributed by atoms with E-state index in [-0.39, 0.29) is 51.5 Å². The Labute approximate surface area is 500 Å². The number of nitrogens with one attached hydrogen (secondary N) is 3. The smallest absolute Gasteiger partial charge is 0.302 e. The lowest BCUT2D eigenvalue weighted by molar-refractivity contribution is -0.148. The van der Waals surface area contributed by atoms with E-state index in [1.54, 1.807) is 77.2 Å². The predicted molar refractivity (Wildman–Crippen MR) is 314 cm³/mol. The summed E-state index contributed by atoms with van der Waals surface area (Å²) in [5.74, 6) is -5.32. The molecule has 9 N–H and O–H groups in total. The van der Waals surface area contributed by atoms with Crippen molar-refractivity contribution in [3.63, 3.8) is 0 Å². The van der Waals surface area contributed by atoms with Gasteiger partial charge in [-0.2, -0.15) is 0 Å². The minimum Gasteiger partial charge on any atom is -0.508 e. The summed E-state index contributed by atoms with van der Waals surface area (Å²) in [7, 11) is 0. The van der Waals surface area contributed by atoms with Gasteiger partial charge in [0, 0.05) is 56.6 Å². The molecular weight excluding hydrogens is 1200 g/mol. The lowest BCUT2D eigenvalue weighted by Gasteiger charge is -2.29. The van der Waals surface area contributed by atoms with Crippen LogP contribution in [0.2, 0.25) is 0 Å². The number of hydrogen-bond acceptors (Lipinski definition) is 23. The van der Waals surface area contributed by atoms with E-state index in [0.29, 0.717) is 64.4 Å².